The second-order valence-corrected chi connectivity index (χ2v) is 8.00. The molecule has 0 heterocycles. The van der Waals surface area contributed by atoms with Gasteiger partial charge < -0.3 is 26.4 Å². The number of rotatable bonds is 12. The number of aliphatic hydroxyl groups is 1. The van der Waals surface area contributed by atoms with E-state index < -0.39 is 65.6 Å². The fraction of sp³-hybridized carbons (Fsp3) is 0.500. The van der Waals surface area contributed by atoms with Gasteiger partial charge in [-0.15, -0.1) is 11.6 Å². The van der Waals surface area contributed by atoms with Crippen LogP contribution in [0, 0.1) is 0 Å². The number of benzene rings is 1. The lowest BCUT2D eigenvalue weighted by atomic mass is 10.0. The second kappa shape index (κ2) is 13.5. The van der Waals surface area contributed by atoms with Gasteiger partial charge in [0.25, 0.3) is 0 Å². The van der Waals surface area contributed by atoms with E-state index in [2.05, 4.69) is 21.3 Å². The van der Waals surface area contributed by atoms with Crippen molar-refractivity contribution in [1.82, 2.24) is 21.3 Å². The summed E-state index contributed by atoms with van der Waals surface area (Å²) in [6.07, 6.45) is -1.09. The molecule has 5 atom stereocenters. The molecule has 5 N–H and O–H groups in total. The molecule has 0 aromatic heterocycles. The number of halogens is 1. The summed E-state index contributed by atoms with van der Waals surface area (Å²) >= 11 is 5.57. The van der Waals surface area contributed by atoms with Crippen LogP contribution in [0.5, 0.6) is 0 Å². The third-order valence-electron chi connectivity index (χ3n) is 4.74. The van der Waals surface area contributed by atoms with Gasteiger partial charge in [0.2, 0.25) is 23.6 Å². The Hall–Kier alpha value is -2.98. The van der Waals surface area contributed by atoms with E-state index in [0.717, 1.165) is 5.56 Å². The number of nitrogens with one attached hydrogen (secondary N) is 4. The smallest absolute Gasteiger partial charge is 0.243 e. The van der Waals surface area contributed by atoms with Crippen molar-refractivity contribution in [2.45, 2.75) is 64.4 Å². The molecule has 0 unspecified atom stereocenters. The van der Waals surface area contributed by atoms with Crippen LogP contribution in [0.25, 0.3) is 0 Å². The summed E-state index contributed by atoms with van der Waals surface area (Å²) in [6.45, 7) is 5.51. The molecule has 0 saturated heterocycles. The first-order valence-corrected chi connectivity index (χ1v) is 11.0. The summed E-state index contributed by atoms with van der Waals surface area (Å²) in [5, 5.41) is 19.8. The minimum absolute atomic E-state index is 0.100. The number of carbonyl (C=O) groups excluding carboxylic acids is 5. The molecule has 4 amide bonds. The molecule has 1 rings (SSSR count). The predicted octanol–water partition coefficient (Wildman–Crippen LogP) is -0.583. The number of aliphatic hydroxyl groups excluding tert-OH is 1. The van der Waals surface area contributed by atoms with Gasteiger partial charge in [-0.25, -0.2) is 0 Å². The summed E-state index contributed by atoms with van der Waals surface area (Å²) in [5.74, 6) is -3.28. The van der Waals surface area contributed by atoms with Gasteiger partial charge in [0.1, 0.15) is 24.2 Å². The summed E-state index contributed by atoms with van der Waals surface area (Å²) in [5.41, 5.74) is 0.742. The van der Waals surface area contributed by atoms with Crippen LogP contribution in [-0.4, -0.2) is 70.7 Å². The minimum Gasteiger partial charge on any atom is -0.391 e. The Balaban J connectivity index is 2.96. The van der Waals surface area contributed by atoms with Gasteiger partial charge in [0, 0.05) is 13.3 Å². The van der Waals surface area contributed by atoms with E-state index in [1.807, 2.05) is 0 Å². The maximum Gasteiger partial charge on any atom is 0.243 e. The maximum absolute atomic E-state index is 12.9. The third-order valence-corrected chi connectivity index (χ3v) is 5.00. The second-order valence-electron chi connectivity index (χ2n) is 7.73. The summed E-state index contributed by atoms with van der Waals surface area (Å²) in [6, 6.07) is 4.67. The molecule has 0 fully saturated rings. The van der Waals surface area contributed by atoms with Gasteiger partial charge in [-0.1, -0.05) is 30.3 Å². The Morgan fingerprint density at radius 2 is 1.39 bits per heavy atom. The van der Waals surface area contributed by atoms with Crippen molar-refractivity contribution in [2.75, 3.05) is 5.88 Å². The highest BCUT2D eigenvalue weighted by Gasteiger charge is 2.30. The summed E-state index contributed by atoms with van der Waals surface area (Å²) < 4.78 is 0. The molecular formula is C22H31ClN4O6. The van der Waals surface area contributed by atoms with E-state index >= 15 is 0 Å². The van der Waals surface area contributed by atoms with Crippen LogP contribution >= 0.6 is 11.6 Å². The average Bonchev–Trinajstić information content (AvgIpc) is 2.76. The van der Waals surface area contributed by atoms with Crippen molar-refractivity contribution in [3.8, 4) is 0 Å². The molecule has 0 spiro atoms. The van der Waals surface area contributed by atoms with Crippen LogP contribution in [0.3, 0.4) is 0 Å². The lowest BCUT2D eigenvalue weighted by molar-refractivity contribution is -0.134. The first-order chi connectivity index (χ1) is 15.5. The Morgan fingerprint density at radius 1 is 0.848 bits per heavy atom. The minimum atomic E-state index is -1.24. The topological polar surface area (TPSA) is 154 Å². The third kappa shape index (κ3) is 9.58. The van der Waals surface area contributed by atoms with Crippen molar-refractivity contribution < 1.29 is 29.1 Å². The van der Waals surface area contributed by atoms with Crippen LogP contribution in [0.2, 0.25) is 0 Å². The first-order valence-electron chi connectivity index (χ1n) is 10.4. The Kier molecular flexibility index (Phi) is 11.5. The van der Waals surface area contributed by atoms with Crippen molar-refractivity contribution in [3.05, 3.63) is 35.9 Å². The number of hydrogen-bond acceptors (Lipinski definition) is 6. The van der Waals surface area contributed by atoms with E-state index in [1.54, 1.807) is 30.3 Å². The maximum atomic E-state index is 12.9. The molecular weight excluding hydrogens is 452 g/mol. The Labute approximate surface area is 197 Å². The van der Waals surface area contributed by atoms with Gasteiger partial charge in [-0.05, 0) is 26.3 Å². The van der Waals surface area contributed by atoms with Gasteiger partial charge in [0.15, 0.2) is 5.78 Å². The molecule has 1 aromatic rings. The molecule has 0 radical (unpaired) electrons. The van der Waals surface area contributed by atoms with Crippen molar-refractivity contribution >= 4 is 41.0 Å². The fourth-order valence-corrected chi connectivity index (χ4v) is 3.10. The van der Waals surface area contributed by atoms with Crippen molar-refractivity contribution in [1.29, 1.82) is 0 Å². The van der Waals surface area contributed by atoms with Gasteiger partial charge in [0.05, 0.1) is 12.0 Å². The molecule has 0 aliphatic heterocycles. The van der Waals surface area contributed by atoms with Crippen LogP contribution in [0.4, 0.5) is 0 Å². The van der Waals surface area contributed by atoms with Crippen LogP contribution < -0.4 is 21.3 Å². The number of Topliss-reactive ketones (excluding diaryl/α,β-unsaturated/α-hetero) is 1. The van der Waals surface area contributed by atoms with E-state index in [1.165, 1.54) is 27.7 Å². The standard InChI is InChI=1S/C22H31ClN4O6/c1-12(24-15(4)29)20(31)25-13(2)21(32)26-17(10-16-8-6-5-7-9-16)22(33)27-19(14(3)28)18(30)11-23/h5-9,12-14,17,19,28H,10-11H2,1-4H3,(H,24,29)(H,25,31)(H,26,32)(H,27,33)/t12-,13-,14+,17-,19-/m0/s1. The molecule has 1 aromatic carbocycles. The fourth-order valence-electron chi connectivity index (χ4n) is 2.94. The monoisotopic (exact) mass is 482 g/mol. The lowest BCUT2D eigenvalue weighted by Crippen LogP contribution is -2.58. The molecule has 182 valence electrons. The molecule has 33 heavy (non-hydrogen) atoms. The largest absolute Gasteiger partial charge is 0.391 e. The van der Waals surface area contributed by atoms with Gasteiger partial charge in [-0.3, -0.25) is 24.0 Å². The van der Waals surface area contributed by atoms with E-state index in [-0.39, 0.29) is 6.42 Å². The number of amides is 4. The highest BCUT2D eigenvalue weighted by molar-refractivity contribution is 6.28. The highest BCUT2D eigenvalue weighted by atomic mass is 35.5. The Morgan fingerprint density at radius 3 is 1.91 bits per heavy atom. The molecule has 0 aliphatic carbocycles. The van der Waals surface area contributed by atoms with Gasteiger partial charge in [-0.2, -0.15) is 0 Å². The zero-order valence-corrected chi connectivity index (χ0v) is 19.8. The summed E-state index contributed by atoms with van der Waals surface area (Å²) in [4.78, 5) is 60.9. The summed E-state index contributed by atoms with van der Waals surface area (Å²) in [7, 11) is 0. The van der Waals surface area contributed by atoms with Crippen LogP contribution in [-0.2, 0) is 30.4 Å². The van der Waals surface area contributed by atoms with Crippen molar-refractivity contribution in [2.24, 2.45) is 0 Å². The van der Waals surface area contributed by atoms with E-state index in [9.17, 15) is 29.1 Å². The van der Waals surface area contributed by atoms with Gasteiger partial charge >= 0.3 is 0 Å². The van der Waals surface area contributed by atoms with E-state index in [0.29, 0.717) is 0 Å². The first kappa shape index (κ1) is 28.1. The zero-order chi connectivity index (χ0) is 25.1. The zero-order valence-electron chi connectivity index (χ0n) is 19.1. The average molecular weight is 483 g/mol. The van der Waals surface area contributed by atoms with E-state index in [4.69, 9.17) is 11.6 Å². The highest BCUT2D eigenvalue weighted by Crippen LogP contribution is 2.06. The number of ketones is 1. The van der Waals surface area contributed by atoms with Crippen LogP contribution in [0.15, 0.2) is 30.3 Å². The SMILES string of the molecule is CC(=O)N[C@@H](C)C(=O)N[C@@H](C)C(=O)N[C@@H](Cc1ccccc1)C(=O)N[C@H](C(=O)CCl)[C@@H](C)O. The lowest BCUT2D eigenvalue weighted by Gasteiger charge is -2.25. The predicted molar refractivity (Wildman–Crippen MR) is 122 cm³/mol. The molecule has 11 heteroatoms. The normalized spacial score (nSPS) is 15.2. The van der Waals surface area contributed by atoms with Crippen molar-refractivity contribution in [3.63, 3.8) is 0 Å². The molecule has 10 nitrogen and oxygen atoms in total. The quantitative estimate of drug-likeness (QED) is 0.251. The number of carbonyl (C=O) groups is 5. The molecule has 0 saturated carbocycles. The molecule has 0 aliphatic rings. The number of hydrogen-bond donors (Lipinski definition) is 5. The van der Waals surface area contributed by atoms with Crippen LogP contribution in [0.1, 0.15) is 33.3 Å². The Bertz CT molecular complexity index is 849. The molecule has 0 bridgehead atoms. The number of alkyl halides is 1.